The van der Waals surface area contributed by atoms with E-state index >= 15 is 0 Å². The molecule has 0 aliphatic carbocycles. The Kier molecular flexibility index (Phi) is 3.98. The number of aryl methyl sites for hydroxylation is 1. The summed E-state index contributed by atoms with van der Waals surface area (Å²) in [6, 6.07) is 7.48. The van der Waals surface area contributed by atoms with Gasteiger partial charge in [0.1, 0.15) is 10.6 Å². The zero-order valence-corrected chi connectivity index (χ0v) is 12.7. The molecule has 2 aromatic heterocycles. The Bertz CT molecular complexity index is 736. The molecule has 0 fully saturated rings. The van der Waals surface area contributed by atoms with Crippen LogP contribution >= 0.6 is 23.1 Å². The molecule has 0 aliphatic rings. The summed E-state index contributed by atoms with van der Waals surface area (Å²) in [5.74, 6) is -0.176. The molecule has 21 heavy (non-hydrogen) atoms. The minimum absolute atomic E-state index is 0.176. The van der Waals surface area contributed by atoms with Gasteiger partial charge in [0.05, 0.1) is 5.69 Å². The van der Waals surface area contributed by atoms with Gasteiger partial charge in [-0.05, 0) is 41.6 Å². The molecular weight excluding hydrogens is 306 g/mol. The number of hydrogen-bond acceptors (Lipinski definition) is 7. The van der Waals surface area contributed by atoms with Crippen LogP contribution in [0.25, 0.3) is 11.3 Å². The third-order valence-electron chi connectivity index (χ3n) is 2.90. The Labute approximate surface area is 129 Å². The first-order chi connectivity index (χ1) is 10.3. The van der Waals surface area contributed by atoms with Gasteiger partial charge in [0.25, 0.3) is 5.91 Å². The molecule has 1 aromatic carbocycles. The molecule has 0 saturated heterocycles. The van der Waals surface area contributed by atoms with Crippen LogP contribution in [-0.4, -0.2) is 25.1 Å². The molecule has 6 nitrogen and oxygen atoms in total. The highest BCUT2D eigenvalue weighted by molar-refractivity contribution is 7.08. The van der Waals surface area contributed by atoms with Crippen molar-refractivity contribution < 1.29 is 4.79 Å². The van der Waals surface area contributed by atoms with Crippen molar-refractivity contribution in [2.75, 3.05) is 5.32 Å². The average molecular weight is 317 g/mol. The van der Waals surface area contributed by atoms with Crippen LogP contribution in [0.2, 0.25) is 0 Å². The fourth-order valence-corrected chi connectivity index (χ4v) is 2.93. The van der Waals surface area contributed by atoms with Crippen LogP contribution in [0.15, 0.2) is 29.6 Å². The fourth-order valence-electron chi connectivity index (χ4n) is 1.81. The highest BCUT2D eigenvalue weighted by Crippen LogP contribution is 2.21. The Hall–Kier alpha value is -2.19. The van der Waals surface area contributed by atoms with Crippen molar-refractivity contribution in [1.29, 1.82) is 0 Å². The van der Waals surface area contributed by atoms with E-state index in [2.05, 4.69) is 24.5 Å². The van der Waals surface area contributed by atoms with E-state index in [1.165, 1.54) is 11.5 Å². The van der Waals surface area contributed by atoms with Crippen LogP contribution in [-0.2, 0) is 6.42 Å². The lowest BCUT2D eigenvalue weighted by Gasteiger charge is -2.04. The first kappa shape index (κ1) is 13.8. The van der Waals surface area contributed by atoms with Gasteiger partial charge in [-0.25, -0.2) is 0 Å². The van der Waals surface area contributed by atoms with E-state index in [1.54, 1.807) is 0 Å². The Morgan fingerprint density at radius 3 is 2.67 bits per heavy atom. The van der Waals surface area contributed by atoms with E-state index in [0.29, 0.717) is 11.3 Å². The van der Waals surface area contributed by atoms with E-state index < -0.39 is 0 Å². The molecule has 0 atom stereocenters. The molecule has 0 saturated carbocycles. The number of hydrogen-bond donors (Lipinski definition) is 1. The third kappa shape index (κ3) is 2.96. The molecule has 0 unspecified atom stereocenters. The number of carbonyl (C=O) groups excluding carboxylic acids is 1. The van der Waals surface area contributed by atoms with Crippen LogP contribution in [0.1, 0.15) is 22.3 Å². The second-order valence-corrected chi connectivity index (χ2v) is 5.59. The summed E-state index contributed by atoms with van der Waals surface area (Å²) in [5.41, 5.74) is 3.25. The zero-order valence-electron chi connectivity index (χ0n) is 11.1. The lowest BCUT2D eigenvalue weighted by molar-refractivity contribution is 0.102. The predicted octanol–water partition coefficient (Wildman–Crippen LogP) is 2.87. The normalized spacial score (nSPS) is 10.5. The maximum Gasteiger partial charge on any atom is 0.269 e. The maximum absolute atomic E-state index is 12.2. The van der Waals surface area contributed by atoms with Crippen LogP contribution in [0, 0.1) is 0 Å². The van der Waals surface area contributed by atoms with E-state index in [0.717, 1.165) is 34.2 Å². The molecule has 0 spiro atoms. The molecular formula is C13H11N5OS2. The van der Waals surface area contributed by atoms with Crippen molar-refractivity contribution >= 4 is 34.7 Å². The standard InChI is InChI=1S/C13H11N5OS2/c1-2-10-12(21-18-15-10)13(19)14-9-5-3-8(4-6-9)11-7-20-17-16-11/h3-7H,2H2,1H3,(H,14,19). The number of nitrogens with one attached hydrogen (secondary N) is 1. The number of amides is 1. The minimum atomic E-state index is -0.176. The first-order valence-corrected chi connectivity index (χ1v) is 7.89. The molecule has 106 valence electrons. The van der Waals surface area contributed by atoms with Crippen LogP contribution < -0.4 is 5.32 Å². The molecule has 1 N–H and O–H groups in total. The molecule has 3 aromatic rings. The molecule has 3 rings (SSSR count). The van der Waals surface area contributed by atoms with Gasteiger partial charge >= 0.3 is 0 Å². The van der Waals surface area contributed by atoms with Gasteiger partial charge in [-0.1, -0.05) is 28.0 Å². The van der Waals surface area contributed by atoms with Crippen LogP contribution in [0.5, 0.6) is 0 Å². The first-order valence-electron chi connectivity index (χ1n) is 6.28. The SMILES string of the molecule is CCc1nnsc1C(=O)Nc1ccc(-c2csnn2)cc1. The summed E-state index contributed by atoms with van der Waals surface area (Å²) in [5, 5.41) is 12.7. The van der Waals surface area contributed by atoms with Crippen molar-refractivity contribution in [1.82, 2.24) is 19.2 Å². The number of anilines is 1. The number of nitrogens with zero attached hydrogens (tertiary/aromatic N) is 4. The van der Waals surface area contributed by atoms with Crippen molar-refractivity contribution in [2.45, 2.75) is 13.3 Å². The second-order valence-electron chi connectivity index (χ2n) is 4.22. The molecule has 1 amide bonds. The van der Waals surface area contributed by atoms with Gasteiger partial charge < -0.3 is 5.32 Å². The van der Waals surface area contributed by atoms with Gasteiger partial charge in [0.15, 0.2) is 0 Å². The highest BCUT2D eigenvalue weighted by atomic mass is 32.1. The third-order valence-corrected chi connectivity index (χ3v) is 4.17. The van der Waals surface area contributed by atoms with Crippen LogP contribution in [0.4, 0.5) is 5.69 Å². The second kappa shape index (κ2) is 6.06. The molecule has 0 radical (unpaired) electrons. The van der Waals surface area contributed by atoms with Gasteiger partial charge in [0.2, 0.25) is 0 Å². The van der Waals surface area contributed by atoms with Gasteiger partial charge in [0, 0.05) is 16.6 Å². The topological polar surface area (TPSA) is 80.7 Å². The minimum Gasteiger partial charge on any atom is -0.321 e. The number of carbonyl (C=O) groups is 1. The number of benzene rings is 1. The maximum atomic E-state index is 12.2. The van der Waals surface area contributed by atoms with E-state index in [4.69, 9.17) is 0 Å². The van der Waals surface area contributed by atoms with Crippen LogP contribution in [0.3, 0.4) is 0 Å². The van der Waals surface area contributed by atoms with Gasteiger partial charge in [-0.2, -0.15) is 0 Å². The Morgan fingerprint density at radius 1 is 1.19 bits per heavy atom. The summed E-state index contributed by atoms with van der Waals surface area (Å²) in [6.07, 6.45) is 0.690. The summed E-state index contributed by atoms with van der Waals surface area (Å²) in [6.45, 7) is 1.95. The number of aromatic nitrogens is 4. The van der Waals surface area contributed by atoms with Crippen molar-refractivity contribution in [3.05, 3.63) is 40.2 Å². The smallest absolute Gasteiger partial charge is 0.269 e. The summed E-state index contributed by atoms with van der Waals surface area (Å²) >= 11 is 2.42. The zero-order chi connectivity index (χ0) is 14.7. The Balaban J connectivity index is 1.75. The predicted molar refractivity (Wildman–Crippen MR) is 82.6 cm³/mol. The number of rotatable bonds is 4. The molecule has 8 heteroatoms. The summed E-state index contributed by atoms with van der Waals surface area (Å²) < 4.78 is 7.65. The van der Waals surface area contributed by atoms with E-state index in [-0.39, 0.29) is 5.91 Å². The summed E-state index contributed by atoms with van der Waals surface area (Å²) in [4.78, 5) is 12.7. The van der Waals surface area contributed by atoms with E-state index in [1.807, 2.05) is 36.6 Å². The average Bonchev–Trinajstić information content (AvgIpc) is 3.19. The quantitative estimate of drug-likeness (QED) is 0.800. The lowest BCUT2D eigenvalue weighted by Crippen LogP contribution is -2.12. The summed E-state index contributed by atoms with van der Waals surface area (Å²) in [7, 11) is 0. The van der Waals surface area contributed by atoms with Crippen molar-refractivity contribution in [2.24, 2.45) is 0 Å². The molecule has 0 bridgehead atoms. The highest BCUT2D eigenvalue weighted by Gasteiger charge is 2.15. The Morgan fingerprint density at radius 2 is 2.00 bits per heavy atom. The lowest BCUT2D eigenvalue weighted by atomic mass is 10.1. The van der Waals surface area contributed by atoms with Crippen molar-refractivity contribution in [3.63, 3.8) is 0 Å². The fraction of sp³-hybridized carbons (Fsp3) is 0.154. The van der Waals surface area contributed by atoms with Crippen molar-refractivity contribution in [3.8, 4) is 11.3 Å². The molecule has 0 aliphatic heterocycles. The van der Waals surface area contributed by atoms with Gasteiger partial charge in [-0.3, -0.25) is 4.79 Å². The monoisotopic (exact) mass is 317 g/mol. The van der Waals surface area contributed by atoms with E-state index in [9.17, 15) is 4.79 Å². The largest absolute Gasteiger partial charge is 0.321 e. The molecule has 2 heterocycles. The van der Waals surface area contributed by atoms with Gasteiger partial charge in [-0.15, -0.1) is 10.2 Å².